The molecule has 0 spiro atoms. The Morgan fingerprint density at radius 2 is 2.06 bits per heavy atom. The van der Waals surface area contributed by atoms with Gasteiger partial charge in [0, 0.05) is 13.2 Å². The fourth-order valence-corrected chi connectivity index (χ4v) is 1.95. The van der Waals surface area contributed by atoms with Crippen LogP contribution in [0, 0.1) is 0 Å². The number of hydrazine groups is 1. The van der Waals surface area contributed by atoms with Gasteiger partial charge in [0.05, 0.1) is 18.2 Å². The Hall–Kier alpha value is -0.810. The molecule has 0 aliphatic heterocycles. The molecule has 2 atom stereocenters. The SMILES string of the molecule is COc1cc(C(CCC(C)OC)NN)ccc1Cl. The van der Waals surface area contributed by atoms with Crippen molar-refractivity contribution in [2.75, 3.05) is 14.2 Å². The van der Waals surface area contributed by atoms with Crippen molar-refractivity contribution in [1.29, 1.82) is 0 Å². The van der Waals surface area contributed by atoms with E-state index in [1.165, 1.54) is 0 Å². The summed E-state index contributed by atoms with van der Waals surface area (Å²) in [4.78, 5) is 0. The largest absolute Gasteiger partial charge is 0.495 e. The first-order chi connectivity index (χ1) is 8.62. The van der Waals surface area contributed by atoms with Crippen molar-refractivity contribution in [3.63, 3.8) is 0 Å². The zero-order valence-corrected chi connectivity index (χ0v) is 11.8. The second kappa shape index (κ2) is 7.59. The summed E-state index contributed by atoms with van der Waals surface area (Å²) in [7, 11) is 3.31. The third-order valence-corrected chi connectivity index (χ3v) is 3.36. The van der Waals surface area contributed by atoms with Crippen LogP contribution in [0.1, 0.15) is 31.4 Å². The number of hydrogen-bond acceptors (Lipinski definition) is 4. The molecule has 0 bridgehead atoms. The number of hydrogen-bond donors (Lipinski definition) is 2. The number of rotatable bonds is 7. The van der Waals surface area contributed by atoms with Crippen LogP contribution >= 0.6 is 11.6 Å². The third kappa shape index (κ3) is 4.14. The van der Waals surface area contributed by atoms with Crippen molar-refractivity contribution in [2.24, 2.45) is 5.84 Å². The molecule has 5 heteroatoms. The van der Waals surface area contributed by atoms with Gasteiger partial charge < -0.3 is 9.47 Å². The summed E-state index contributed by atoms with van der Waals surface area (Å²) in [6, 6.07) is 5.74. The van der Waals surface area contributed by atoms with Gasteiger partial charge in [-0.1, -0.05) is 17.7 Å². The van der Waals surface area contributed by atoms with Crippen molar-refractivity contribution in [3.8, 4) is 5.75 Å². The maximum Gasteiger partial charge on any atom is 0.137 e. The average Bonchev–Trinajstić information content (AvgIpc) is 2.40. The summed E-state index contributed by atoms with van der Waals surface area (Å²) < 4.78 is 10.4. The molecule has 0 aromatic heterocycles. The molecule has 1 rings (SSSR count). The first-order valence-electron chi connectivity index (χ1n) is 5.94. The van der Waals surface area contributed by atoms with Gasteiger partial charge in [-0.2, -0.15) is 0 Å². The van der Waals surface area contributed by atoms with E-state index in [1.807, 2.05) is 25.1 Å². The number of ether oxygens (including phenoxy) is 2. The lowest BCUT2D eigenvalue weighted by Crippen LogP contribution is -2.28. The Morgan fingerprint density at radius 3 is 2.61 bits per heavy atom. The molecule has 0 fully saturated rings. The molecule has 2 unspecified atom stereocenters. The number of nitrogens with one attached hydrogen (secondary N) is 1. The molecule has 102 valence electrons. The Bertz CT molecular complexity index is 374. The van der Waals surface area contributed by atoms with E-state index in [0.717, 1.165) is 18.4 Å². The van der Waals surface area contributed by atoms with Crippen molar-refractivity contribution in [3.05, 3.63) is 28.8 Å². The first kappa shape index (κ1) is 15.2. The maximum absolute atomic E-state index is 6.00. The lowest BCUT2D eigenvalue weighted by Gasteiger charge is -2.19. The van der Waals surface area contributed by atoms with Crippen LogP contribution < -0.4 is 16.0 Å². The molecule has 4 nitrogen and oxygen atoms in total. The van der Waals surface area contributed by atoms with Crippen molar-refractivity contribution < 1.29 is 9.47 Å². The molecule has 1 aromatic rings. The van der Waals surface area contributed by atoms with E-state index in [2.05, 4.69) is 5.43 Å². The molecule has 0 saturated heterocycles. The minimum absolute atomic E-state index is 0.0637. The van der Waals surface area contributed by atoms with Crippen LogP contribution in [0.4, 0.5) is 0 Å². The maximum atomic E-state index is 6.00. The van der Waals surface area contributed by atoms with E-state index >= 15 is 0 Å². The Balaban J connectivity index is 2.75. The summed E-state index contributed by atoms with van der Waals surface area (Å²) in [5, 5.41) is 0.599. The zero-order chi connectivity index (χ0) is 13.5. The van der Waals surface area contributed by atoms with Crippen LogP contribution in [0.15, 0.2) is 18.2 Å². The predicted molar refractivity (Wildman–Crippen MR) is 73.8 cm³/mol. The minimum atomic E-state index is 0.0637. The smallest absolute Gasteiger partial charge is 0.137 e. The summed E-state index contributed by atoms with van der Waals surface area (Å²) in [5.74, 6) is 6.26. The quantitative estimate of drug-likeness (QED) is 0.592. The highest BCUT2D eigenvalue weighted by molar-refractivity contribution is 6.32. The zero-order valence-electron chi connectivity index (χ0n) is 11.1. The Morgan fingerprint density at radius 1 is 1.33 bits per heavy atom. The first-order valence-corrected chi connectivity index (χ1v) is 6.32. The van der Waals surface area contributed by atoms with Crippen LogP contribution in [0.25, 0.3) is 0 Å². The van der Waals surface area contributed by atoms with Gasteiger partial charge in [-0.05, 0) is 37.5 Å². The lowest BCUT2D eigenvalue weighted by atomic mass is 10.0. The van der Waals surface area contributed by atoms with E-state index in [4.69, 9.17) is 26.9 Å². The van der Waals surface area contributed by atoms with Crippen LogP contribution in [0.5, 0.6) is 5.75 Å². The fourth-order valence-electron chi connectivity index (χ4n) is 1.76. The third-order valence-electron chi connectivity index (χ3n) is 3.04. The molecule has 0 heterocycles. The fraction of sp³-hybridized carbons (Fsp3) is 0.538. The molecule has 0 amide bonds. The topological polar surface area (TPSA) is 56.5 Å². The molecular weight excluding hydrogens is 252 g/mol. The molecular formula is C13H21ClN2O2. The second-order valence-corrected chi connectivity index (χ2v) is 4.64. The van der Waals surface area contributed by atoms with Gasteiger partial charge in [0.2, 0.25) is 0 Å². The molecule has 0 saturated carbocycles. The molecule has 1 aromatic carbocycles. The van der Waals surface area contributed by atoms with Gasteiger partial charge in [0.15, 0.2) is 0 Å². The van der Waals surface area contributed by atoms with Gasteiger partial charge in [0.25, 0.3) is 0 Å². The van der Waals surface area contributed by atoms with Crippen molar-refractivity contribution in [2.45, 2.75) is 31.9 Å². The van der Waals surface area contributed by atoms with E-state index in [1.54, 1.807) is 14.2 Å². The van der Waals surface area contributed by atoms with Gasteiger partial charge in [0.1, 0.15) is 5.75 Å². The average molecular weight is 273 g/mol. The highest BCUT2D eigenvalue weighted by Crippen LogP contribution is 2.29. The Labute approximate surface area is 113 Å². The molecule has 0 radical (unpaired) electrons. The summed E-state index contributed by atoms with van der Waals surface area (Å²) in [6.07, 6.45) is 2.03. The molecule has 0 aliphatic carbocycles. The van der Waals surface area contributed by atoms with E-state index < -0.39 is 0 Å². The Kier molecular flexibility index (Phi) is 6.43. The van der Waals surface area contributed by atoms with Crippen LogP contribution in [-0.2, 0) is 4.74 Å². The highest BCUT2D eigenvalue weighted by atomic mass is 35.5. The normalized spacial score (nSPS) is 14.3. The van der Waals surface area contributed by atoms with Gasteiger partial charge in [-0.3, -0.25) is 11.3 Å². The van der Waals surface area contributed by atoms with Gasteiger partial charge in [-0.25, -0.2) is 0 Å². The lowest BCUT2D eigenvalue weighted by molar-refractivity contribution is 0.106. The number of benzene rings is 1. The van der Waals surface area contributed by atoms with Crippen LogP contribution in [0.3, 0.4) is 0 Å². The predicted octanol–water partition coefficient (Wildman–Crippen LogP) is 2.67. The molecule has 3 N–H and O–H groups in total. The summed E-state index contributed by atoms with van der Waals surface area (Å²) in [6.45, 7) is 2.04. The highest BCUT2D eigenvalue weighted by Gasteiger charge is 2.13. The van der Waals surface area contributed by atoms with E-state index in [0.29, 0.717) is 10.8 Å². The van der Waals surface area contributed by atoms with Gasteiger partial charge in [-0.15, -0.1) is 0 Å². The number of nitrogens with two attached hydrogens (primary N) is 1. The number of methoxy groups -OCH3 is 2. The van der Waals surface area contributed by atoms with E-state index in [9.17, 15) is 0 Å². The van der Waals surface area contributed by atoms with Crippen molar-refractivity contribution in [1.82, 2.24) is 5.43 Å². The second-order valence-electron chi connectivity index (χ2n) is 4.24. The number of halogens is 1. The minimum Gasteiger partial charge on any atom is -0.495 e. The van der Waals surface area contributed by atoms with Crippen LogP contribution in [0.2, 0.25) is 5.02 Å². The summed E-state index contributed by atoms with van der Waals surface area (Å²) >= 11 is 6.00. The molecule has 18 heavy (non-hydrogen) atoms. The molecule has 0 aliphatic rings. The monoisotopic (exact) mass is 272 g/mol. The van der Waals surface area contributed by atoms with Crippen molar-refractivity contribution >= 4 is 11.6 Å². The summed E-state index contributed by atoms with van der Waals surface area (Å²) in [5.41, 5.74) is 3.87. The van der Waals surface area contributed by atoms with Gasteiger partial charge >= 0.3 is 0 Å². The van der Waals surface area contributed by atoms with Crippen LogP contribution in [-0.4, -0.2) is 20.3 Å². The standard InChI is InChI=1S/C13H21ClN2O2/c1-9(17-2)4-7-12(16-15)10-5-6-11(14)13(8-10)18-3/h5-6,8-9,12,16H,4,7,15H2,1-3H3. The van der Waals surface area contributed by atoms with E-state index in [-0.39, 0.29) is 12.1 Å².